The minimum absolute atomic E-state index is 0.139. The highest BCUT2D eigenvalue weighted by atomic mass is 19.1. The predicted molar refractivity (Wildman–Crippen MR) is 93.5 cm³/mol. The van der Waals surface area contributed by atoms with Gasteiger partial charge in [0.05, 0.1) is 6.54 Å². The number of anilines is 1. The van der Waals surface area contributed by atoms with Crippen LogP contribution >= 0.6 is 0 Å². The van der Waals surface area contributed by atoms with Crippen LogP contribution < -0.4 is 15.5 Å². The predicted octanol–water partition coefficient (Wildman–Crippen LogP) is 1.49. The number of nitrogens with one attached hydrogen (secondary N) is 2. The quantitative estimate of drug-likeness (QED) is 0.832. The number of carbonyl (C=O) groups excluding carboxylic acids is 1. The van der Waals surface area contributed by atoms with Crippen molar-refractivity contribution in [3.8, 4) is 0 Å². The molecule has 1 aliphatic rings. The summed E-state index contributed by atoms with van der Waals surface area (Å²) in [5.74, 6) is 0.417. The van der Waals surface area contributed by atoms with E-state index >= 15 is 0 Å². The van der Waals surface area contributed by atoms with Crippen molar-refractivity contribution in [2.24, 2.45) is 0 Å². The van der Waals surface area contributed by atoms with Gasteiger partial charge in [-0.05, 0) is 31.0 Å². The fourth-order valence-corrected chi connectivity index (χ4v) is 2.95. The van der Waals surface area contributed by atoms with Crippen molar-refractivity contribution in [3.05, 3.63) is 54.0 Å². The molecule has 3 rings (SSSR count). The van der Waals surface area contributed by atoms with E-state index < -0.39 is 0 Å². The van der Waals surface area contributed by atoms with Crippen LogP contribution in [0.1, 0.15) is 18.4 Å². The zero-order valence-electron chi connectivity index (χ0n) is 14.0. The van der Waals surface area contributed by atoms with E-state index in [9.17, 15) is 9.18 Å². The van der Waals surface area contributed by atoms with Crippen molar-refractivity contribution in [2.75, 3.05) is 24.5 Å². The lowest BCUT2D eigenvalue weighted by molar-refractivity contribution is -0.120. The Kier molecular flexibility index (Phi) is 5.90. The molecule has 0 saturated carbocycles. The zero-order valence-corrected chi connectivity index (χ0v) is 14.0. The number of amides is 1. The number of aromatic nitrogens is 2. The molecule has 0 spiro atoms. The molecule has 1 fully saturated rings. The van der Waals surface area contributed by atoms with Crippen LogP contribution in [0.5, 0.6) is 0 Å². The average Bonchev–Trinajstić information content (AvgIpc) is 2.67. The summed E-state index contributed by atoms with van der Waals surface area (Å²) in [6.45, 7) is 2.15. The van der Waals surface area contributed by atoms with Gasteiger partial charge in [-0.2, -0.15) is 5.10 Å². The maximum atomic E-state index is 13.5. The van der Waals surface area contributed by atoms with E-state index in [1.807, 2.05) is 12.1 Å². The lowest BCUT2D eigenvalue weighted by Gasteiger charge is -2.33. The minimum Gasteiger partial charge on any atom is -0.354 e. The summed E-state index contributed by atoms with van der Waals surface area (Å²) >= 11 is 0. The van der Waals surface area contributed by atoms with E-state index in [2.05, 4.69) is 25.7 Å². The molecule has 1 saturated heterocycles. The van der Waals surface area contributed by atoms with Crippen LogP contribution in [0.25, 0.3) is 0 Å². The molecule has 132 valence electrons. The molecule has 2 aromatic rings. The Labute approximate surface area is 146 Å². The Morgan fingerprint density at radius 1 is 1.28 bits per heavy atom. The fourth-order valence-electron chi connectivity index (χ4n) is 2.95. The van der Waals surface area contributed by atoms with Gasteiger partial charge in [-0.1, -0.05) is 18.2 Å². The van der Waals surface area contributed by atoms with Gasteiger partial charge in [0.1, 0.15) is 5.82 Å². The van der Waals surface area contributed by atoms with E-state index in [-0.39, 0.29) is 30.9 Å². The van der Waals surface area contributed by atoms with Crippen molar-refractivity contribution in [2.45, 2.75) is 25.4 Å². The topological polar surface area (TPSA) is 70.2 Å². The van der Waals surface area contributed by atoms with Crippen molar-refractivity contribution in [3.63, 3.8) is 0 Å². The summed E-state index contributed by atoms with van der Waals surface area (Å²) in [7, 11) is 0. The molecule has 2 N–H and O–H groups in total. The van der Waals surface area contributed by atoms with Crippen LogP contribution in [0.2, 0.25) is 0 Å². The van der Waals surface area contributed by atoms with Gasteiger partial charge in [-0.25, -0.2) is 4.39 Å². The standard InChI is InChI=1S/C18H22FN5O/c19-16-7-2-1-5-14(16)11-21-18(25)12-20-15-6-4-10-24(13-15)17-8-3-9-22-23-17/h1-3,5,7-9,15,20H,4,6,10-13H2,(H,21,25)/t15-/m1/s1. The first-order valence-electron chi connectivity index (χ1n) is 8.48. The fraction of sp³-hybridized carbons (Fsp3) is 0.389. The van der Waals surface area contributed by atoms with Gasteiger partial charge in [0.25, 0.3) is 0 Å². The summed E-state index contributed by atoms with van der Waals surface area (Å²) in [6, 6.07) is 10.5. The van der Waals surface area contributed by atoms with Crippen molar-refractivity contribution in [1.82, 2.24) is 20.8 Å². The summed E-state index contributed by atoms with van der Waals surface area (Å²) in [5.41, 5.74) is 0.488. The van der Waals surface area contributed by atoms with Crippen molar-refractivity contribution >= 4 is 11.7 Å². The van der Waals surface area contributed by atoms with Crippen LogP contribution in [0.15, 0.2) is 42.6 Å². The monoisotopic (exact) mass is 343 g/mol. The Morgan fingerprint density at radius 2 is 2.16 bits per heavy atom. The van der Waals surface area contributed by atoms with Gasteiger partial charge in [0.2, 0.25) is 5.91 Å². The molecule has 1 amide bonds. The number of nitrogens with zero attached hydrogens (tertiary/aromatic N) is 3. The van der Waals surface area contributed by atoms with Crippen LogP contribution in [-0.4, -0.2) is 41.8 Å². The summed E-state index contributed by atoms with van der Waals surface area (Å²) < 4.78 is 13.5. The highest BCUT2D eigenvalue weighted by Crippen LogP contribution is 2.16. The number of hydrogen-bond donors (Lipinski definition) is 2. The second-order valence-electron chi connectivity index (χ2n) is 6.12. The molecule has 0 radical (unpaired) electrons. The maximum Gasteiger partial charge on any atom is 0.234 e. The van der Waals surface area contributed by atoms with Crippen molar-refractivity contribution in [1.29, 1.82) is 0 Å². The highest BCUT2D eigenvalue weighted by Gasteiger charge is 2.21. The van der Waals surface area contributed by atoms with Crippen LogP contribution in [0.4, 0.5) is 10.2 Å². The smallest absolute Gasteiger partial charge is 0.234 e. The van der Waals surface area contributed by atoms with Gasteiger partial charge < -0.3 is 15.5 Å². The molecule has 1 atom stereocenters. The van der Waals surface area contributed by atoms with E-state index in [1.165, 1.54) is 6.07 Å². The second-order valence-corrected chi connectivity index (χ2v) is 6.12. The molecular weight excluding hydrogens is 321 g/mol. The number of hydrogen-bond acceptors (Lipinski definition) is 5. The molecular formula is C18H22FN5O. The SMILES string of the molecule is O=C(CN[C@@H]1CCCN(c2cccnn2)C1)NCc1ccccc1F. The first-order valence-corrected chi connectivity index (χ1v) is 8.48. The molecule has 0 bridgehead atoms. The normalized spacial score (nSPS) is 17.3. The molecule has 1 aliphatic heterocycles. The van der Waals surface area contributed by atoms with Gasteiger partial charge in [-0.15, -0.1) is 5.10 Å². The van der Waals surface area contributed by atoms with E-state index in [0.29, 0.717) is 5.56 Å². The molecule has 1 aromatic carbocycles. The lowest BCUT2D eigenvalue weighted by atomic mass is 10.1. The third kappa shape index (κ3) is 4.96. The first kappa shape index (κ1) is 17.3. The summed E-state index contributed by atoms with van der Waals surface area (Å²) in [6.07, 6.45) is 3.70. The van der Waals surface area contributed by atoms with Gasteiger partial charge in [-0.3, -0.25) is 4.79 Å². The Balaban J connectivity index is 1.43. The Morgan fingerprint density at radius 3 is 2.96 bits per heavy atom. The zero-order chi connectivity index (χ0) is 17.5. The molecule has 1 aromatic heterocycles. The molecule has 2 heterocycles. The van der Waals surface area contributed by atoms with E-state index in [0.717, 1.165) is 31.7 Å². The number of halogens is 1. The number of piperidine rings is 1. The molecule has 0 aliphatic carbocycles. The highest BCUT2D eigenvalue weighted by molar-refractivity contribution is 5.78. The molecule has 6 nitrogen and oxygen atoms in total. The second kappa shape index (κ2) is 8.53. The van der Waals surface area contributed by atoms with Crippen LogP contribution in [0.3, 0.4) is 0 Å². The number of carbonyl (C=O) groups is 1. The first-order chi connectivity index (χ1) is 12.2. The van der Waals surface area contributed by atoms with Crippen LogP contribution in [-0.2, 0) is 11.3 Å². The minimum atomic E-state index is -0.303. The third-order valence-corrected chi connectivity index (χ3v) is 4.29. The Hall–Kier alpha value is -2.54. The van der Waals surface area contributed by atoms with Crippen molar-refractivity contribution < 1.29 is 9.18 Å². The summed E-state index contributed by atoms with van der Waals surface area (Å²) in [5, 5.41) is 14.1. The largest absolute Gasteiger partial charge is 0.354 e. The van der Waals surface area contributed by atoms with E-state index in [4.69, 9.17) is 0 Å². The summed E-state index contributed by atoms with van der Waals surface area (Å²) in [4.78, 5) is 14.2. The number of rotatable bonds is 6. The maximum absolute atomic E-state index is 13.5. The van der Waals surface area contributed by atoms with Gasteiger partial charge >= 0.3 is 0 Å². The molecule has 7 heteroatoms. The lowest BCUT2D eigenvalue weighted by Crippen LogP contribution is -2.48. The van der Waals surface area contributed by atoms with Crippen LogP contribution in [0, 0.1) is 5.82 Å². The third-order valence-electron chi connectivity index (χ3n) is 4.29. The van der Waals surface area contributed by atoms with Gasteiger partial charge in [0, 0.05) is 37.4 Å². The van der Waals surface area contributed by atoms with E-state index in [1.54, 1.807) is 24.4 Å². The van der Waals surface area contributed by atoms with Gasteiger partial charge in [0.15, 0.2) is 5.82 Å². The average molecular weight is 343 g/mol. The molecule has 0 unspecified atom stereocenters. The number of benzene rings is 1. The molecule has 25 heavy (non-hydrogen) atoms. The Bertz CT molecular complexity index is 697.